The lowest BCUT2D eigenvalue weighted by molar-refractivity contribution is 0.135. The number of sulfone groups is 1. The molecule has 0 saturated heterocycles. The van der Waals surface area contributed by atoms with E-state index in [9.17, 15) is 8.42 Å². The van der Waals surface area contributed by atoms with Gasteiger partial charge < -0.3 is 0 Å². The highest BCUT2D eigenvalue weighted by atomic mass is 32.2. The molecule has 0 unspecified atom stereocenters. The van der Waals surface area contributed by atoms with Crippen LogP contribution in [0.15, 0.2) is 36.4 Å². The summed E-state index contributed by atoms with van der Waals surface area (Å²) in [6, 6.07) is 12.1. The van der Waals surface area contributed by atoms with E-state index in [1.54, 1.807) is 0 Å². The van der Waals surface area contributed by atoms with Crippen molar-refractivity contribution in [2.24, 2.45) is 0 Å². The van der Waals surface area contributed by atoms with Crippen molar-refractivity contribution in [3.8, 4) is 0 Å². The number of fused-ring (bicyclic) bond motifs is 1. The summed E-state index contributed by atoms with van der Waals surface area (Å²) in [7, 11) is -2.97. The first kappa shape index (κ1) is 16.9. The molecule has 2 rings (SSSR count). The molecule has 120 valence electrons. The molecule has 1 aromatic heterocycles. The molecule has 0 spiro atoms. The van der Waals surface area contributed by atoms with Crippen LogP contribution in [0.4, 0.5) is 0 Å². The van der Waals surface area contributed by atoms with Gasteiger partial charge in [0, 0.05) is 30.3 Å². The first-order valence-corrected chi connectivity index (χ1v) is 9.49. The lowest BCUT2D eigenvalue weighted by atomic mass is 10.1. The third kappa shape index (κ3) is 4.78. The van der Waals surface area contributed by atoms with Crippen LogP contribution in [0.2, 0.25) is 0 Å². The minimum absolute atomic E-state index is 0.113. The van der Waals surface area contributed by atoms with E-state index >= 15 is 0 Å². The number of para-hydroxylation sites is 1. The molecule has 0 saturated carbocycles. The predicted octanol–water partition coefficient (Wildman–Crippen LogP) is 2.88. The van der Waals surface area contributed by atoms with Gasteiger partial charge in [-0.3, -0.25) is 9.88 Å². The van der Waals surface area contributed by atoms with Gasteiger partial charge in [-0.25, -0.2) is 8.42 Å². The molecule has 0 radical (unpaired) electrons. The number of rotatable bonds is 5. The third-order valence-corrected chi connectivity index (χ3v) is 4.61. The fourth-order valence-electron chi connectivity index (χ4n) is 2.32. The lowest BCUT2D eigenvalue weighted by Crippen LogP contribution is -2.43. The normalized spacial score (nSPS) is 13.0. The maximum atomic E-state index is 11.4. The molecule has 4 nitrogen and oxygen atoms in total. The minimum atomic E-state index is -2.97. The van der Waals surface area contributed by atoms with Gasteiger partial charge in [0.1, 0.15) is 9.84 Å². The molecule has 0 aliphatic heterocycles. The van der Waals surface area contributed by atoms with Crippen LogP contribution in [0.3, 0.4) is 0 Å². The second kappa shape index (κ2) is 6.34. The molecule has 1 heterocycles. The molecular formula is C17H24N2O2S. The molecule has 2 aromatic rings. The van der Waals surface area contributed by atoms with Gasteiger partial charge in [0.15, 0.2) is 0 Å². The predicted molar refractivity (Wildman–Crippen MR) is 91.6 cm³/mol. The number of nitrogens with zero attached hydrogens (tertiary/aromatic N) is 2. The van der Waals surface area contributed by atoms with E-state index in [4.69, 9.17) is 0 Å². The molecule has 0 N–H and O–H groups in total. The minimum Gasteiger partial charge on any atom is -0.292 e. The summed E-state index contributed by atoms with van der Waals surface area (Å²) in [5.41, 5.74) is 1.82. The molecule has 0 aliphatic rings. The summed E-state index contributed by atoms with van der Waals surface area (Å²) in [6.45, 7) is 7.43. The zero-order valence-electron chi connectivity index (χ0n) is 13.7. The number of aromatic nitrogens is 1. The average Bonchev–Trinajstić information content (AvgIpc) is 2.41. The molecular weight excluding hydrogens is 296 g/mol. The van der Waals surface area contributed by atoms with Crippen LogP contribution < -0.4 is 0 Å². The summed E-state index contributed by atoms with van der Waals surface area (Å²) < 4.78 is 22.9. The molecule has 0 bridgehead atoms. The Balaban J connectivity index is 2.21. The summed E-state index contributed by atoms with van der Waals surface area (Å²) in [4.78, 5) is 6.84. The van der Waals surface area contributed by atoms with Crippen LogP contribution in [-0.2, 0) is 16.4 Å². The van der Waals surface area contributed by atoms with Gasteiger partial charge >= 0.3 is 0 Å². The van der Waals surface area contributed by atoms with Crippen molar-refractivity contribution < 1.29 is 8.42 Å². The Bertz CT molecular complexity index is 749. The third-order valence-electron chi connectivity index (χ3n) is 3.69. The molecule has 22 heavy (non-hydrogen) atoms. The highest BCUT2D eigenvalue weighted by Gasteiger charge is 2.23. The van der Waals surface area contributed by atoms with Gasteiger partial charge in [-0.2, -0.15) is 0 Å². The monoisotopic (exact) mass is 320 g/mol. The van der Waals surface area contributed by atoms with Gasteiger partial charge in [0.2, 0.25) is 0 Å². The van der Waals surface area contributed by atoms with Gasteiger partial charge in [0.25, 0.3) is 0 Å². The van der Waals surface area contributed by atoms with Crippen molar-refractivity contribution in [3.63, 3.8) is 0 Å². The highest BCUT2D eigenvalue weighted by molar-refractivity contribution is 7.90. The van der Waals surface area contributed by atoms with E-state index in [1.807, 2.05) is 30.3 Å². The Hall–Kier alpha value is -1.46. The number of benzene rings is 1. The van der Waals surface area contributed by atoms with Crippen LogP contribution in [0.25, 0.3) is 10.9 Å². The lowest BCUT2D eigenvalue weighted by Gasteiger charge is -2.35. The van der Waals surface area contributed by atoms with Crippen LogP contribution >= 0.6 is 0 Å². The molecule has 0 fully saturated rings. The number of pyridine rings is 1. The van der Waals surface area contributed by atoms with Crippen molar-refractivity contribution >= 4 is 20.7 Å². The molecule has 5 heteroatoms. The zero-order valence-corrected chi connectivity index (χ0v) is 14.5. The smallest absolute Gasteiger partial charge is 0.148 e. The van der Waals surface area contributed by atoms with E-state index in [0.717, 1.165) is 16.6 Å². The Morgan fingerprint density at radius 2 is 1.77 bits per heavy atom. The maximum Gasteiger partial charge on any atom is 0.148 e. The summed E-state index contributed by atoms with van der Waals surface area (Å²) in [5, 5.41) is 1.12. The van der Waals surface area contributed by atoms with E-state index in [-0.39, 0.29) is 11.3 Å². The van der Waals surface area contributed by atoms with Gasteiger partial charge in [0.05, 0.1) is 17.0 Å². The Kier molecular flexibility index (Phi) is 4.87. The largest absolute Gasteiger partial charge is 0.292 e. The second-order valence-electron chi connectivity index (χ2n) is 6.72. The van der Waals surface area contributed by atoms with Crippen molar-refractivity contribution in [3.05, 3.63) is 42.1 Å². The van der Waals surface area contributed by atoms with Crippen molar-refractivity contribution in [2.75, 3.05) is 18.6 Å². The van der Waals surface area contributed by atoms with Crippen molar-refractivity contribution in [1.29, 1.82) is 0 Å². The van der Waals surface area contributed by atoms with E-state index in [0.29, 0.717) is 13.1 Å². The Morgan fingerprint density at radius 1 is 1.09 bits per heavy atom. The standard InChI is InChI=1S/C17H24N2O2S/c1-17(2,3)19(11-12-22(4,20)21)13-15-10-9-14-7-5-6-8-16(14)18-15/h5-10H,11-13H2,1-4H3. The first-order chi connectivity index (χ1) is 10.1. The van der Waals surface area contributed by atoms with Crippen LogP contribution in [0.5, 0.6) is 0 Å². The van der Waals surface area contributed by atoms with E-state index in [2.05, 4.69) is 36.7 Å². The van der Waals surface area contributed by atoms with Gasteiger partial charge in [-0.05, 0) is 32.9 Å². The summed E-state index contributed by atoms with van der Waals surface area (Å²) in [6.07, 6.45) is 1.28. The Morgan fingerprint density at radius 3 is 2.41 bits per heavy atom. The van der Waals surface area contributed by atoms with Crippen molar-refractivity contribution in [2.45, 2.75) is 32.9 Å². The first-order valence-electron chi connectivity index (χ1n) is 7.43. The second-order valence-corrected chi connectivity index (χ2v) is 8.98. The quantitative estimate of drug-likeness (QED) is 0.850. The summed E-state index contributed by atoms with van der Waals surface area (Å²) in [5.74, 6) is 0.165. The fourth-order valence-corrected chi connectivity index (χ4v) is 2.87. The Labute approximate surface area is 133 Å². The summed E-state index contributed by atoms with van der Waals surface area (Å²) >= 11 is 0. The van der Waals surface area contributed by atoms with Gasteiger partial charge in [-0.1, -0.05) is 24.3 Å². The highest BCUT2D eigenvalue weighted by Crippen LogP contribution is 2.18. The number of hydrogen-bond donors (Lipinski definition) is 0. The molecule has 0 atom stereocenters. The topological polar surface area (TPSA) is 50.3 Å². The van der Waals surface area contributed by atoms with Crippen molar-refractivity contribution in [1.82, 2.24) is 9.88 Å². The van der Waals surface area contributed by atoms with Crippen LogP contribution in [0.1, 0.15) is 26.5 Å². The molecule has 0 amide bonds. The average molecular weight is 320 g/mol. The fraction of sp³-hybridized carbons (Fsp3) is 0.471. The SMILES string of the molecule is CC(C)(C)N(CCS(C)(=O)=O)Cc1ccc2ccccc2n1. The zero-order chi connectivity index (χ0) is 16.4. The number of hydrogen-bond acceptors (Lipinski definition) is 4. The maximum absolute atomic E-state index is 11.4. The van der Waals surface area contributed by atoms with Crippen LogP contribution in [0, 0.1) is 0 Å². The van der Waals surface area contributed by atoms with E-state index in [1.165, 1.54) is 6.26 Å². The molecule has 1 aromatic carbocycles. The van der Waals surface area contributed by atoms with Crippen LogP contribution in [-0.4, -0.2) is 42.4 Å². The van der Waals surface area contributed by atoms with Gasteiger partial charge in [-0.15, -0.1) is 0 Å². The van der Waals surface area contributed by atoms with E-state index < -0.39 is 9.84 Å². The molecule has 0 aliphatic carbocycles.